The number of rotatable bonds is 42. The van der Waals surface area contributed by atoms with Crippen molar-refractivity contribution in [3.8, 4) is 0 Å². The maximum atomic E-state index is 12.6. The molecule has 0 fully saturated rings. The highest BCUT2D eigenvalue weighted by atomic mass is 31.2. The molecule has 0 aromatic carbocycles. The maximum absolute atomic E-state index is 12.6. The molecular formula is C45H84NO8P. The van der Waals surface area contributed by atoms with Gasteiger partial charge in [-0.05, 0) is 70.6 Å². The Morgan fingerprint density at radius 3 is 1.44 bits per heavy atom. The van der Waals surface area contributed by atoms with E-state index in [0.29, 0.717) is 12.8 Å². The summed E-state index contributed by atoms with van der Waals surface area (Å²) in [6.07, 6.45) is 46.0. The van der Waals surface area contributed by atoms with Gasteiger partial charge in [-0.2, -0.15) is 0 Å². The topological polar surface area (TPSA) is 134 Å². The number of carbonyl (C=O) groups excluding carboxylic acids is 2. The average Bonchev–Trinajstić information content (AvgIpc) is 3.17. The van der Waals surface area contributed by atoms with E-state index in [9.17, 15) is 19.0 Å². The average molecular weight is 798 g/mol. The molecule has 0 rings (SSSR count). The van der Waals surface area contributed by atoms with Gasteiger partial charge in [-0.1, -0.05) is 159 Å². The minimum atomic E-state index is -4.38. The molecule has 2 atom stereocenters. The van der Waals surface area contributed by atoms with Gasteiger partial charge in [0.1, 0.15) is 6.61 Å². The summed E-state index contributed by atoms with van der Waals surface area (Å²) in [6, 6.07) is 0. The highest BCUT2D eigenvalue weighted by Gasteiger charge is 2.26. The van der Waals surface area contributed by atoms with Crippen LogP contribution < -0.4 is 5.73 Å². The van der Waals surface area contributed by atoms with Crippen LogP contribution in [0.15, 0.2) is 36.5 Å². The Kier molecular flexibility index (Phi) is 40.5. The molecule has 0 saturated carbocycles. The summed E-state index contributed by atoms with van der Waals surface area (Å²) in [4.78, 5) is 34.9. The van der Waals surface area contributed by atoms with Crippen molar-refractivity contribution in [1.82, 2.24) is 0 Å². The van der Waals surface area contributed by atoms with Crippen molar-refractivity contribution >= 4 is 19.8 Å². The Labute approximate surface area is 337 Å². The molecule has 322 valence electrons. The maximum Gasteiger partial charge on any atom is 0.472 e. The first kappa shape index (κ1) is 53.2. The predicted molar refractivity (Wildman–Crippen MR) is 229 cm³/mol. The van der Waals surface area contributed by atoms with Gasteiger partial charge in [0.05, 0.1) is 13.2 Å². The van der Waals surface area contributed by atoms with Gasteiger partial charge >= 0.3 is 19.8 Å². The standard InChI is InChI=1S/C45H84NO8P/c1-3-5-7-9-11-13-15-17-19-20-21-22-24-26-28-30-32-34-36-38-45(48)54-43(42-53-55(49,50)52-40-39-46)41-51-44(47)37-35-33-31-29-27-25-23-18-16-14-12-10-8-6-4-2/h12,14,17-19,23,43H,3-11,13,15-16,20-22,24-42,46H2,1-2H3,(H,49,50)/b14-12+,19-17+,23-18+/t43-/m1/s1. The molecule has 0 saturated heterocycles. The number of phosphoric ester groups is 1. The fourth-order valence-electron chi connectivity index (χ4n) is 6.13. The van der Waals surface area contributed by atoms with Crippen LogP contribution in [0.1, 0.15) is 206 Å². The van der Waals surface area contributed by atoms with Crippen molar-refractivity contribution in [2.75, 3.05) is 26.4 Å². The summed E-state index contributed by atoms with van der Waals surface area (Å²) in [5.74, 6) is -0.844. The number of nitrogens with two attached hydrogens (primary N) is 1. The summed E-state index contributed by atoms with van der Waals surface area (Å²) >= 11 is 0. The normalized spacial score (nSPS) is 13.6. The van der Waals surface area contributed by atoms with Gasteiger partial charge in [0.15, 0.2) is 6.10 Å². The molecule has 0 amide bonds. The smallest absolute Gasteiger partial charge is 0.462 e. The van der Waals surface area contributed by atoms with Gasteiger partial charge in [-0.25, -0.2) is 4.57 Å². The van der Waals surface area contributed by atoms with E-state index in [1.165, 1.54) is 109 Å². The SMILES string of the molecule is CCCCC/C=C/C/C=C/CCCCCCCC(=O)OC[C@H](COP(=O)(O)OCCN)OC(=O)CCCCCCCCCCC/C=C/CCCCCCCC. The number of hydrogen-bond acceptors (Lipinski definition) is 8. The van der Waals surface area contributed by atoms with E-state index in [0.717, 1.165) is 57.8 Å². The zero-order valence-corrected chi connectivity index (χ0v) is 36.3. The summed E-state index contributed by atoms with van der Waals surface area (Å²) < 4.78 is 32.8. The van der Waals surface area contributed by atoms with E-state index in [4.69, 9.17) is 24.3 Å². The third kappa shape index (κ3) is 41.7. The Morgan fingerprint density at radius 2 is 0.945 bits per heavy atom. The van der Waals surface area contributed by atoms with Crippen LogP contribution in [0.4, 0.5) is 0 Å². The van der Waals surface area contributed by atoms with E-state index in [-0.39, 0.29) is 32.6 Å². The zero-order chi connectivity index (χ0) is 40.3. The molecule has 0 aliphatic carbocycles. The van der Waals surface area contributed by atoms with Crippen LogP contribution in [0.25, 0.3) is 0 Å². The van der Waals surface area contributed by atoms with Gasteiger partial charge in [0.25, 0.3) is 0 Å². The van der Waals surface area contributed by atoms with Crippen LogP contribution in [0, 0.1) is 0 Å². The molecule has 3 N–H and O–H groups in total. The first-order valence-electron chi connectivity index (χ1n) is 22.5. The van der Waals surface area contributed by atoms with E-state index >= 15 is 0 Å². The van der Waals surface area contributed by atoms with Crippen LogP contribution in [-0.2, 0) is 32.7 Å². The molecule has 1 unspecified atom stereocenters. The first-order valence-corrected chi connectivity index (χ1v) is 24.0. The van der Waals surface area contributed by atoms with Crippen LogP contribution in [0.5, 0.6) is 0 Å². The summed E-state index contributed by atoms with van der Waals surface area (Å²) in [6.45, 7) is 3.70. The lowest BCUT2D eigenvalue weighted by Crippen LogP contribution is -2.29. The number of esters is 2. The van der Waals surface area contributed by atoms with E-state index < -0.39 is 32.5 Å². The first-order chi connectivity index (χ1) is 26.8. The van der Waals surface area contributed by atoms with E-state index in [1.807, 2.05) is 0 Å². The van der Waals surface area contributed by atoms with Gasteiger partial charge in [-0.15, -0.1) is 0 Å². The molecule has 9 nitrogen and oxygen atoms in total. The molecule has 0 aliphatic rings. The second-order valence-electron chi connectivity index (χ2n) is 14.9. The molecule has 0 aromatic rings. The number of unbranched alkanes of at least 4 members (excludes halogenated alkanes) is 23. The molecule has 0 bridgehead atoms. The second-order valence-corrected chi connectivity index (χ2v) is 16.4. The van der Waals surface area contributed by atoms with Crippen molar-refractivity contribution in [3.63, 3.8) is 0 Å². The van der Waals surface area contributed by atoms with Crippen LogP contribution >= 0.6 is 7.82 Å². The molecule has 0 aliphatic heterocycles. The molecular weight excluding hydrogens is 713 g/mol. The molecule has 0 heterocycles. The second kappa shape index (κ2) is 41.9. The van der Waals surface area contributed by atoms with Crippen LogP contribution in [-0.4, -0.2) is 49.3 Å². The fourth-order valence-corrected chi connectivity index (χ4v) is 6.89. The van der Waals surface area contributed by atoms with Gasteiger partial charge in [0, 0.05) is 19.4 Å². The minimum absolute atomic E-state index is 0.0510. The van der Waals surface area contributed by atoms with Crippen molar-refractivity contribution in [1.29, 1.82) is 0 Å². The van der Waals surface area contributed by atoms with Gasteiger partial charge in [-0.3, -0.25) is 18.6 Å². The minimum Gasteiger partial charge on any atom is -0.462 e. The summed E-state index contributed by atoms with van der Waals surface area (Å²) in [7, 11) is -4.38. The Morgan fingerprint density at radius 1 is 0.545 bits per heavy atom. The Hall–Kier alpha value is -1.77. The third-order valence-corrected chi connectivity index (χ3v) is 10.5. The number of phosphoric acid groups is 1. The number of allylic oxidation sites excluding steroid dienone is 6. The number of ether oxygens (including phenoxy) is 2. The molecule has 0 spiro atoms. The molecule has 0 aromatic heterocycles. The monoisotopic (exact) mass is 798 g/mol. The van der Waals surface area contributed by atoms with Gasteiger partial charge < -0.3 is 20.1 Å². The zero-order valence-electron chi connectivity index (χ0n) is 35.4. The summed E-state index contributed by atoms with van der Waals surface area (Å²) in [5, 5.41) is 0. The quantitative estimate of drug-likeness (QED) is 0.0268. The highest BCUT2D eigenvalue weighted by molar-refractivity contribution is 7.47. The van der Waals surface area contributed by atoms with Crippen molar-refractivity contribution < 1.29 is 37.6 Å². The highest BCUT2D eigenvalue weighted by Crippen LogP contribution is 2.43. The molecule has 10 heteroatoms. The van der Waals surface area contributed by atoms with Crippen molar-refractivity contribution in [3.05, 3.63) is 36.5 Å². The van der Waals surface area contributed by atoms with Gasteiger partial charge in [0.2, 0.25) is 0 Å². The third-order valence-electron chi connectivity index (χ3n) is 9.50. The molecule has 0 radical (unpaired) electrons. The predicted octanol–water partition coefficient (Wildman–Crippen LogP) is 12.9. The van der Waals surface area contributed by atoms with E-state index in [2.05, 4.69) is 50.3 Å². The van der Waals surface area contributed by atoms with Crippen LogP contribution in [0.3, 0.4) is 0 Å². The van der Waals surface area contributed by atoms with Crippen LogP contribution in [0.2, 0.25) is 0 Å². The molecule has 55 heavy (non-hydrogen) atoms. The Balaban J connectivity index is 4.14. The lowest BCUT2D eigenvalue weighted by molar-refractivity contribution is -0.161. The summed E-state index contributed by atoms with van der Waals surface area (Å²) in [5.41, 5.74) is 5.35. The van der Waals surface area contributed by atoms with E-state index in [1.54, 1.807) is 0 Å². The Bertz CT molecular complexity index is 1000. The van der Waals surface area contributed by atoms with Crippen molar-refractivity contribution in [2.24, 2.45) is 5.73 Å². The largest absolute Gasteiger partial charge is 0.472 e. The van der Waals surface area contributed by atoms with Crippen molar-refractivity contribution in [2.45, 2.75) is 213 Å². The number of hydrogen-bond donors (Lipinski definition) is 2. The fraction of sp³-hybridized carbons (Fsp3) is 0.822. The lowest BCUT2D eigenvalue weighted by atomic mass is 10.1. The lowest BCUT2D eigenvalue weighted by Gasteiger charge is -2.19. The number of carbonyl (C=O) groups is 2.